The van der Waals surface area contributed by atoms with Crippen molar-refractivity contribution in [3.63, 3.8) is 0 Å². The maximum atomic E-state index is 11.2. The molecular weight excluding hydrogens is 276 g/mol. The number of nitro benzene ring substituents is 1. The van der Waals surface area contributed by atoms with Crippen LogP contribution in [0.1, 0.15) is 40.6 Å². The molecule has 1 aromatic carbocycles. The first-order valence-corrected chi connectivity index (χ1v) is 6.47. The maximum absolute atomic E-state index is 11.2. The number of benzene rings is 1. The highest BCUT2D eigenvalue weighted by Gasteiger charge is 2.34. The smallest absolute Gasteiger partial charge is 0.373 e. The molecule has 1 aromatic heterocycles. The van der Waals surface area contributed by atoms with Gasteiger partial charge in [0.2, 0.25) is 11.7 Å². The van der Waals surface area contributed by atoms with Crippen LogP contribution in [0.25, 0.3) is 11.5 Å². The van der Waals surface area contributed by atoms with Crippen LogP contribution in [-0.4, -0.2) is 21.0 Å². The van der Waals surface area contributed by atoms with E-state index in [-0.39, 0.29) is 23.3 Å². The second-order valence-electron chi connectivity index (χ2n) is 5.07. The average Bonchev–Trinajstić information content (AvgIpc) is 3.18. The van der Waals surface area contributed by atoms with E-state index in [1.165, 1.54) is 12.1 Å². The topological polar surface area (TPSA) is 106 Å². The minimum absolute atomic E-state index is 0.0846. The summed E-state index contributed by atoms with van der Waals surface area (Å²) >= 11 is 0. The quantitative estimate of drug-likeness (QED) is 0.684. The zero-order valence-electron chi connectivity index (χ0n) is 11.2. The lowest BCUT2D eigenvalue weighted by Gasteiger charge is -2.00. The number of hydrogen-bond donors (Lipinski definition) is 1. The molecule has 1 saturated carbocycles. The predicted octanol–water partition coefficient (Wildman–Crippen LogP) is 3.13. The van der Waals surface area contributed by atoms with Crippen molar-refractivity contribution in [2.75, 3.05) is 0 Å². The lowest BCUT2D eigenvalue weighted by molar-refractivity contribution is -0.384. The largest absolute Gasteiger partial charge is 0.475 e. The van der Waals surface area contributed by atoms with E-state index in [9.17, 15) is 20.0 Å². The molecule has 7 heteroatoms. The van der Waals surface area contributed by atoms with Crippen LogP contribution in [-0.2, 0) is 0 Å². The van der Waals surface area contributed by atoms with Gasteiger partial charge in [-0.05, 0) is 25.3 Å². The number of rotatable bonds is 4. The predicted molar refractivity (Wildman–Crippen MR) is 72.3 cm³/mol. The van der Waals surface area contributed by atoms with Crippen molar-refractivity contribution in [2.45, 2.75) is 25.7 Å². The number of carboxylic acids is 1. The summed E-state index contributed by atoms with van der Waals surface area (Å²) in [5.74, 6) is -1.10. The minimum atomic E-state index is -1.17. The first-order chi connectivity index (χ1) is 9.97. The van der Waals surface area contributed by atoms with Crippen LogP contribution in [0, 0.1) is 17.0 Å². The molecular formula is C14H12N2O5. The Bertz CT molecular complexity index is 746. The Morgan fingerprint density at radius 3 is 2.76 bits per heavy atom. The van der Waals surface area contributed by atoms with Gasteiger partial charge in [-0.25, -0.2) is 9.78 Å². The molecule has 2 aromatic rings. The molecule has 0 bridgehead atoms. The molecule has 1 fully saturated rings. The highest BCUT2D eigenvalue weighted by atomic mass is 16.6. The number of nitro groups is 1. The SMILES string of the molecule is Cc1ccc([N+](=O)[O-])cc1-c1nc(C2CC2)c(C(=O)O)o1. The van der Waals surface area contributed by atoms with Crippen molar-refractivity contribution >= 4 is 11.7 Å². The van der Waals surface area contributed by atoms with Crippen molar-refractivity contribution in [3.8, 4) is 11.5 Å². The highest BCUT2D eigenvalue weighted by molar-refractivity contribution is 5.86. The Hall–Kier alpha value is -2.70. The number of non-ortho nitro benzene ring substituents is 1. The lowest BCUT2D eigenvalue weighted by Crippen LogP contribution is -1.98. The normalized spacial score (nSPS) is 14.1. The van der Waals surface area contributed by atoms with Crippen LogP contribution in [0.5, 0.6) is 0 Å². The Balaban J connectivity index is 2.12. The van der Waals surface area contributed by atoms with E-state index in [1.807, 2.05) is 0 Å². The fraction of sp³-hybridized carbons (Fsp3) is 0.286. The molecule has 0 radical (unpaired) electrons. The van der Waals surface area contributed by atoms with Crippen LogP contribution in [0.15, 0.2) is 22.6 Å². The molecule has 0 aliphatic heterocycles. The second kappa shape index (κ2) is 4.69. The van der Waals surface area contributed by atoms with Gasteiger partial charge in [0.15, 0.2) is 0 Å². The number of oxazole rings is 1. The van der Waals surface area contributed by atoms with E-state index < -0.39 is 10.9 Å². The summed E-state index contributed by atoms with van der Waals surface area (Å²) < 4.78 is 5.35. The standard InChI is InChI=1S/C14H12N2O5/c1-7-2-5-9(16(19)20)6-10(7)13-15-11(8-3-4-8)12(21-13)14(17)18/h2,5-6,8H,3-4H2,1H3,(H,17,18). The van der Waals surface area contributed by atoms with Crippen LogP contribution >= 0.6 is 0 Å². The van der Waals surface area contributed by atoms with Gasteiger partial charge in [-0.15, -0.1) is 0 Å². The van der Waals surface area contributed by atoms with E-state index in [0.29, 0.717) is 11.3 Å². The van der Waals surface area contributed by atoms with E-state index >= 15 is 0 Å². The monoisotopic (exact) mass is 288 g/mol. The molecule has 0 amide bonds. The van der Waals surface area contributed by atoms with Gasteiger partial charge in [-0.3, -0.25) is 10.1 Å². The fourth-order valence-corrected chi connectivity index (χ4v) is 2.19. The summed E-state index contributed by atoms with van der Waals surface area (Å²) in [6.45, 7) is 1.76. The molecule has 0 atom stereocenters. The fourth-order valence-electron chi connectivity index (χ4n) is 2.19. The molecule has 3 rings (SSSR count). The summed E-state index contributed by atoms with van der Waals surface area (Å²) in [7, 11) is 0. The summed E-state index contributed by atoms with van der Waals surface area (Å²) in [6, 6.07) is 4.33. The van der Waals surface area contributed by atoms with Crippen molar-refractivity contribution in [1.29, 1.82) is 0 Å². The first-order valence-electron chi connectivity index (χ1n) is 6.47. The van der Waals surface area contributed by atoms with E-state index in [4.69, 9.17) is 4.42 Å². The lowest BCUT2D eigenvalue weighted by atomic mass is 10.1. The Morgan fingerprint density at radius 1 is 1.48 bits per heavy atom. The summed E-state index contributed by atoms with van der Waals surface area (Å²) in [5, 5.41) is 20.0. The van der Waals surface area contributed by atoms with Crippen molar-refractivity contribution in [2.24, 2.45) is 0 Å². The average molecular weight is 288 g/mol. The molecule has 108 valence electrons. The minimum Gasteiger partial charge on any atom is -0.475 e. The number of aromatic carboxylic acids is 1. The summed E-state index contributed by atoms with van der Waals surface area (Å²) in [6.07, 6.45) is 1.78. The second-order valence-corrected chi connectivity index (χ2v) is 5.07. The van der Waals surface area contributed by atoms with Gasteiger partial charge in [0.05, 0.1) is 10.6 Å². The number of aromatic nitrogens is 1. The number of hydrogen-bond acceptors (Lipinski definition) is 5. The Labute approximate surface area is 119 Å². The molecule has 1 aliphatic carbocycles. The van der Waals surface area contributed by atoms with Crippen LogP contribution in [0.4, 0.5) is 5.69 Å². The molecule has 0 spiro atoms. The molecule has 0 saturated heterocycles. The third kappa shape index (κ3) is 2.37. The van der Waals surface area contributed by atoms with Gasteiger partial charge in [0.1, 0.15) is 0 Å². The summed E-state index contributed by atoms with van der Waals surface area (Å²) in [4.78, 5) is 25.8. The first kappa shape index (κ1) is 13.3. The van der Waals surface area contributed by atoms with Gasteiger partial charge in [-0.1, -0.05) is 6.07 Å². The molecule has 1 heterocycles. The van der Waals surface area contributed by atoms with E-state index in [1.54, 1.807) is 13.0 Å². The third-order valence-corrected chi connectivity index (χ3v) is 3.47. The van der Waals surface area contributed by atoms with Crippen molar-refractivity contribution in [1.82, 2.24) is 4.98 Å². The molecule has 1 N–H and O–H groups in total. The number of carbonyl (C=O) groups is 1. The number of nitrogens with zero attached hydrogens (tertiary/aromatic N) is 2. The summed E-state index contributed by atoms with van der Waals surface area (Å²) in [5.41, 5.74) is 1.53. The Morgan fingerprint density at radius 2 is 2.19 bits per heavy atom. The molecule has 7 nitrogen and oxygen atoms in total. The zero-order valence-corrected chi connectivity index (χ0v) is 11.2. The van der Waals surface area contributed by atoms with E-state index in [2.05, 4.69) is 4.98 Å². The van der Waals surface area contributed by atoms with Gasteiger partial charge in [0.25, 0.3) is 5.69 Å². The van der Waals surface area contributed by atoms with E-state index in [0.717, 1.165) is 18.4 Å². The van der Waals surface area contributed by atoms with Gasteiger partial charge in [-0.2, -0.15) is 0 Å². The maximum Gasteiger partial charge on any atom is 0.373 e. The molecule has 21 heavy (non-hydrogen) atoms. The molecule has 0 unspecified atom stereocenters. The zero-order chi connectivity index (χ0) is 15.1. The van der Waals surface area contributed by atoms with Crippen molar-refractivity contribution < 1.29 is 19.2 Å². The highest BCUT2D eigenvalue weighted by Crippen LogP contribution is 2.42. The van der Waals surface area contributed by atoms with Crippen molar-refractivity contribution in [3.05, 3.63) is 45.3 Å². The van der Waals surface area contributed by atoms with Gasteiger partial charge >= 0.3 is 5.97 Å². The van der Waals surface area contributed by atoms with Crippen LogP contribution < -0.4 is 0 Å². The number of aryl methyl sites for hydroxylation is 1. The molecule has 1 aliphatic rings. The van der Waals surface area contributed by atoms with Gasteiger partial charge < -0.3 is 9.52 Å². The Kier molecular flexibility index (Phi) is 2.97. The number of carboxylic acid groups (broad SMARTS) is 1. The van der Waals surface area contributed by atoms with Gasteiger partial charge in [0, 0.05) is 23.6 Å². The van der Waals surface area contributed by atoms with Crippen LogP contribution in [0.3, 0.4) is 0 Å². The van der Waals surface area contributed by atoms with Crippen LogP contribution in [0.2, 0.25) is 0 Å². The third-order valence-electron chi connectivity index (χ3n) is 3.47.